The van der Waals surface area contributed by atoms with Gasteiger partial charge in [0.2, 0.25) is 0 Å². The molecule has 1 aromatic rings. The van der Waals surface area contributed by atoms with Crippen molar-refractivity contribution in [3.63, 3.8) is 0 Å². The summed E-state index contributed by atoms with van der Waals surface area (Å²) in [7, 11) is 0. The summed E-state index contributed by atoms with van der Waals surface area (Å²) >= 11 is 0. The normalized spacial score (nSPS) is 11.3. The molecule has 0 unspecified atom stereocenters. The van der Waals surface area contributed by atoms with Gasteiger partial charge in [-0.15, -0.1) is 0 Å². The summed E-state index contributed by atoms with van der Waals surface area (Å²) in [5.74, 6) is 0.353. The van der Waals surface area contributed by atoms with Crippen LogP contribution in [0.1, 0.15) is 45.6 Å². The Labute approximate surface area is 109 Å². The van der Waals surface area contributed by atoms with E-state index in [2.05, 4.69) is 20.8 Å². The number of aliphatic hydroxyl groups is 1. The van der Waals surface area contributed by atoms with Crippen LogP contribution in [0, 0.1) is 0 Å². The molecule has 0 amide bonds. The molecule has 1 aromatic carbocycles. The molecule has 1 N–H and O–H groups in total. The Bertz CT molecular complexity index is 391. The van der Waals surface area contributed by atoms with Crippen LogP contribution < -0.4 is 4.74 Å². The Kier molecular flexibility index (Phi) is 5.35. The third-order valence-electron chi connectivity index (χ3n) is 2.72. The smallest absolute Gasteiger partial charge is 0.311 e. The maximum atomic E-state index is 11.5. The first-order valence-corrected chi connectivity index (χ1v) is 6.35. The highest BCUT2D eigenvalue weighted by molar-refractivity contribution is 5.72. The summed E-state index contributed by atoms with van der Waals surface area (Å²) in [4.78, 5) is 11.5. The first-order valence-electron chi connectivity index (χ1n) is 6.35. The number of rotatable bonds is 5. The molecular formula is C15H22O3. The van der Waals surface area contributed by atoms with E-state index in [4.69, 9.17) is 9.84 Å². The molecule has 0 aliphatic carbocycles. The summed E-state index contributed by atoms with van der Waals surface area (Å²) in [6.07, 6.45) is 1.64. The zero-order valence-corrected chi connectivity index (χ0v) is 11.4. The van der Waals surface area contributed by atoms with Crippen LogP contribution in [0.15, 0.2) is 24.3 Å². The van der Waals surface area contributed by atoms with E-state index in [-0.39, 0.29) is 18.0 Å². The van der Waals surface area contributed by atoms with Crippen molar-refractivity contribution in [2.75, 3.05) is 6.61 Å². The van der Waals surface area contributed by atoms with Gasteiger partial charge < -0.3 is 9.84 Å². The van der Waals surface area contributed by atoms with Crippen LogP contribution >= 0.6 is 0 Å². The fraction of sp³-hybridized carbons (Fsp3) is 0.533. The fourth-order valence-corrected chi connectivity index (χ4v) is 1.59. The summed E-state index contributed by atoms with van der Waals surface area (Å²) in [6, 6.07) is 7.63. The molecule has 3 heteroatoms. The van der Waals surface area contributed by atoms with Crippen molar-refractivity contribution >= 4 is 5.97 Å². The Morgan fingerprint density at radius 3 is 2.61 bits per heavy atom. The second kappa shape index (κ2) is 6.55. The van der Waals surface area contributed by atoms with Gasteiger partial charge in [0, 0.05) is 13.0 Å². The number of carbonyl (C=O) groups is 1. The van der Waals surface area contributed by atoms with Gasteiger partial charge in [-0.25, -0.2) is 0 Å². The van der Waals surface area contributed by atoms with E-state index < -0.39 is 0 Å². The average molecular weight is 250 g/mol. The molecule has 0 aliphatic heterocycles. The van der Waals surface area contributed by atoms with E-state index in [0.29, 0.717) is 25.0 Å². The maximum Gasteiger partial charge on any atom is 0.311 e. The lowest BCUT2D eigenvalue weighted by Gasteiger charge is -2.19. The number of aliphatic hydroxyl groups excluding tert-OH is 1. The Hall–Kier alpha value is -1.35. The van der Waals surface area contributed by atoms with Gasteiger partial charge >= 0.3 is 5.97 Å². The Morgan fingerprint density at radius 2 is 2.00 bits per heavy atom. The molecule has 18 heavy (non-hydrogen) atoms. The molecule has 0 spiro atoms. The number of hydrogen-bond donors (Lipinski definition) is 1. The molecule has 0 heterocycles. The van der Waals surface area contributed by atoms with Gasteiger partial charge in [-0.1, -0.05) is 32.9 Å². The zero-order chi connectivity index (χ0) is 13.6. The van der Waals surface area contributed by atoms with Crippen LogP contribution in [0.2, 0.25) is 0 Å². The third-order valence-corrected chi connectivity index (χ3v) is 2.72. The van der Waals surface area contributed by atoms with Gasteiger partial charge in [-0.3, -0.25) is 4.79 Å². The van der Waals surface area contributed by atoms with E-state index in [1.54, 1.807) is 6.07 Å². The molecular weight excluding hydrogens is 228 g/mol. The van der Waals surface area contributed by atoms with Gasteiger partial charge in [0.1, 0.15) is 5.75 Å². The number of unbranched alkanes of at least 4 members (excludes halogenated alkanes) is 1. The first kappa shape index (κ1) is 14.7. The largest absolute Gasteiger partial charge is 0.427 e. The minimum absolute atomic E-state index is 0.0410. The van der Waals surface area contributed by atoms with Crippen LogP contribution in [0.4, 0.5) is 0 Å². The predicted molar refractivity (Wildman–Crippen MR) is 71.7 cm³/mol. The molecule has 0 saturated heterocycles. The second-order valence-corrected chi connectivity index (χ2v) is 5.43. The summed E-state index contributed by atoms with van der Waals surface area (Å²) < 4.78 is 5.28. The van der Waals surface area contributed by atoms with E-state index >= 15 is 0 Å². The molecule has 0 bridgehead atoms. The van der Waals surface area contributed by atoms with Crippen molar-refractivity contribution in [3.8, 4) is 5.75 Å². The molecule has 0 radical (unpaired) electrons. The highest BCUT2D eigenvalue weighted by Crippen LogP contribution is 2.25. The third kappa shape index (κ3) is 4.88. The maximum absolute atomic E-state index is 11.5. The lowest BCUT2D eigenvalue weighted by Crippen LogP contribution is -2.12. The molecule has 0 aromatic heterocycles. The van der Waals surface area contributed by atoms with E-state index in [1.807, 2.05) is 18.2 Å². The van der Waals surface area contributed by atoms with Gasteiger partial charge in [0.05, 0.1) is 0 Å². The lowest BCUT2D eigenvalue weighted by atomic mass is 9.87. The molecule has 0 saturated carbocycles. The van der Waals surface area contributed by atoms with Gasteiger partial charge in [0.15, 0.2) is 0 Å². The average Bonchev–Trinajstić information content (AvgIpc) is 2.28. The van der Waals surface area contributed by atoms with Gasteiger partial charge in [0.25, 0.3) is 0 Å². The van der Waals surface area contributed by atoms with Crippen LogP contribution in [0.3, 0.4) is 0 Å². The van der Waals surface area contributed by atoms with Gasteiger partial charge in [-0.05, 0) is 36.0 Å². The van der Waals surface area contributed by atoms with Crippen molar-refractivity contribution in [1.82, 2.24) is 0 Å². The number of benzene rings is 1. The number of ether oxygens (including phenoxy) is 1. The summed E-state index contributed by atoms with van der Waals surface area (Å²) in [5, 5.41) is 8.64. The molecule has 100 valence electrons. The zero-order valence-electron chi connectivity index (χ0n) is 11.4. The highest BCUT2D eigenvalue weighted by Gasteiger charge is 2.14. The topological polar surface area (TPSA) is 46.5 Å². The number of esters is 1. The summed E-state index contributed by atoms with van der Waals surface area (Å²) in [6.45, 7) is 6.48. The van der Waals surface area contributed by atoms with E-state index in [1.165, 1.54) is 0 Å². The first-order chi connectivity index (χ1) is 8.43. The van der Waals surface area contributed by atoms with Crippen LogP contribution in [0.25, 0.3) is 0 Å². The summed E-state index contributed by atoms with van der Waals surface area (Å²) in [5.41, 5.74) is 1.18. The minimum Gasteiger partial charge on any atom is -0.427 e. The Morgan fingerprint density at radius 1 is 1.28 bits per heavy atom. The highest BCUT2D eigenvalue weighted by atomic mass is 16.5. The number of carbonyl (C=O) groups excluding carboxylic acids is 1. The second-order valence-electron chi connectivity index (χ2n) is 5.43. The van der Waals surface area contributed by atoms with Gasteiger partial charge in [-0.2, -0.15) is 0 Å². The predicted octanol–water partition coefficient (Wildman–Crippen LogP) is 3.05. The van der Waals surface area contributed by atoms with Crippen molar-refractivity contribution in [3.05, 3.63) is 29.8 Å². The molecule has 0 fully saturated rings. The van der Waals surface area contributed by atoms with Crippen LogP contribution in [0.5, 0.6) is 5.75 Å². The van der Waals surface area contributed by atoms with E-state index in [0.717, 1.165) is 5.56 Å². The molecule has 0 aliphatic rings. The van der Waals surface area contributed by atoms with Crippen molar-refractivity contribution in [2.45, 2.75) is 45.4 Å². The van der Waals surface area contributed by atoms with Crippen molar-refractivity contribution in [2.24, 2.45) is 0 Å². The molecule has 3 nitrogen and oxygen atoms in total. The van der Waals surface area contributed by atoms with Crippen LogP contribution in [-0.2, 0) is 10.2 Å². The Balaban J connectivity index is 2.60. The monoisotopic (exact) mass is 250 g/mol. The number of hydrogen-bond acceptors (Lipinski definition) is 3. The standard InChI is InChI=1S/C15H22O3/c1-15(2,3)12-7-6-8-13(11-12)18-14(17)9-4-5-10-16/h6-8,11,16H,4-5,9-10H2,1-3H3. The van der Waals surface area contributed by atoms with Crippen LogP contribution in [-0.4, -0.2) is 17.7 Å². The molecule has 1 rings (SSSR count). The minimum atomic E-state index is -0.241. The lowest BCUT2D eigenvalue weighted by molar-refractivity contribution is -0.134. The van der Waals surface area contributed by atoms with Crippen molar-refractivity contribution < 1.29 is 14.6 Å². The fourth-order valence-electron chi connectivity index (χ4n) is 1.59. The molecule has 0 atom stereocenters. The van der Waals surface area contributed by atoms with Crippen molar-refractivity contribution in [1.29, 1.82) is 0 Å². The van der Waals surface area contributed by atoms with E-state index in [9.17, 15) is 4.79 Å². The SMILES string of the molecule is CC(C)(C)c1cccc(OC(=O)CCCCO)c1. The quantitative estimate of drug-likeness (QED) is 0.496.